The third-order valence-electron chi connectivity index (χ3n) is 8.23. The first-order chi connectivity index (χ1) is 20.6. The molecule has 214 valence electrons. The SMILES string of the molecule is CSc1c(C(=O)N2CCN(C)CC2)c(-c2cccc3ccccc23)cn1Cc1cncn1Cc1ccc2c(c1)OCO2. The molecule has 0 N–H and O–H groups in total. The summed E-state index contributed by atoms with van der Waals surface area (Å²) in [4.78, 5) is 23.1. The van der Waals surface area contributed by atoms with Gasteiger partial charge in [0.05, 0.1) is 29.2 Å². The molecule has 0 radical (unpaired) electrons. The number of amides is 1. The van der Waals surface area contributed by atoms with Crippen LogP contribution in [0.1, 0.15) is 21.6 Å². The quantitative estimate of drug-likeness (QED) is 0.239. The van der Waals surface area contributed by atoms with E-state index in [2.05, 4.69) is 87.0 Å². The van der Waals surface area contributed by atoms with Gasteiger partial charge in [-0.1, -0.05) is 48.5 Å². The van der Waals surface area contributed by atoms with Crippen molar-refractivity contribution in [3.8, 4) is 22.6 Å². The molecule has 8 nitrogen and oxygen atoms in total. The third-order valence-corrected chi connectivity index (χ3v) is 9.05. The molecule has 0 bridgehead atoms. The number of hydrogen-bond donors (Lipinski definition) is 0. The molecule has 2 aliphatic rings. The highest BCUT2D eigenvalue weighted by atomic mass is 32.2. The van der Waals surface area contributed by atoms with Crippen LogP contribution in [0.15, 0.2) is 84.4 Å². The molecular formula is C33H33N5O3S. The predicted octanol–water partition coefficient (Wildman–Crippen LogP) is 5.44. The van der Waals surface area contributed by atoms with E-state index in [1.807, 2.05) is 29.6 Å². The van der Waals surface area contributed by atoms with Crippen molar-refractivity contribution < 1.29 is 14.3 Å². The lowest BCUT2D eigenvalue weighted by Crippen LogP contribution is -2.47. The van der Waals surface area contributed by atoms with E-state index in [0.29, 0.717) is 13.1 Å². The number of carbonyl (C=O) groups is 1. The standard InChI is InChI=1S/C33H33N5O3S/c1-35-12-14-36(15-13-35)32(39)31-28(27-9-5-7-24-6-3-4-8-26(24)27)20-37(33(31)42-2)19-25-17-34-21-38(25)18-23-10-11-29-30(16-23)41-22-40-29/h3-11,16-17,20-21H,12-15,18-19,22H2,1-2H3. The second kappa shape index (κ2) is 11.2. The van der Waals surface area contributed by atoms with E-state index in [0.717, 1.165) is 81.4 Å². The summed E-state index contributed by atoms with van der Waals surface area (Å²) in [7, 11) is 2.11. The number of nitrogens with zero attached hydrogens (tertiary/aromatic N) is 5. The molecule has 9 heteroatoms. The van der Waals surface area contributed by atoms with Gasteiger partial charge in [0.2, 0.25) is 6.79 Å². The van der Waals surface area contributed by atoms with Crippen LogP contribution in [0.25, 0.3) is 21.9 Å². The molecule has 1 amide bonds. The Hall–Kier alpha value is -4.21. The Labute approximate surface area is 249 Å². The number of carbonyl (C=O) groups excluding carboxylic acids is 1. The van der Waals surface area contributed by atoms with Gasteiger partial charge in [0.25, 0.3) is 5.91 Å². The van der Waals surface area contributed by atoms with Crippen LogP contribution in [-0.4, -0.2) is 76.1 Å². The van der Waals surface area contributed by atoms with Gasteiger partial charge in [-0.05, 0) is 47.3 Å². The maximum absolute atomic E-state index is 14.3. The van der Waals surface area contributed by atoms with Gasteiger partial charge < -0.3 is 28.4 Å². The van der Waals surface area contributed by atoms with Crippen LogP contribution in [0.3, 0.4) is 0 Å². The fourth-order valence-corrected chi connectivity index (χ4v) is 6.70. The Morgan fingerprint density at radius 2 is 1.71 bits per heavy atom. The molecule has 2 aromatic heterocycles. The second-order valence-electron chi connectivity index (χ2n) is 10.9. The molecular weight excluding hydrogens is 546 g/mol. The van der Waals surface area contributed by atoms with Crippen molar-refractivity contribution in [3.05, 3.63) is 96.2 Å². The minimum absolute atomic E-state index is 0.100. The van der Waals surface area contributed by atoms with Crippen LogP contribution in [0.4, 0.5) is 0 Å². The van der Waals surface area contributed by atoms with Gasteiger partial charge in [-0.15, -0.1) is 11.8 Å². The topological polar surface area (TPSA) is 64.8 Å². The molecule has 0 spiro atoms. The number of ether oxygens (including phenoxy) is 2. The molecule has 5 aromatic rings. The zero-order valence-corrected chi connectivity index (χ0v) is 24.6. The van der Waals surface area contributed by atoms with E-state index in [9.17, 15) is 4.79 Å². The zero-order chi connectivity index (χ0) is 28.6. The lowest BCUT2D eigenvalue weighted by molar-refractivity contribution is 0.0661. The van der Waals surface area contributed by atoms with Gasteiger partial charge in [0.15, 0.2) is 11.5 Å². The van der Waals surface area contributed by atoms with Crippen LogP contribution in [0.2, 0.25) is 0 Å². The summed E-state index contributed by atoms with van der Waals surface area (Å²) in [5.41, 5.74) is 5.00. The summed E-state index contributed by atoms with van der Waals surface area (Å²) in [5, 5.41) is 3.27. The van der Waals surface area contributed by atoms with Crippen LogP contribution in [0.5, 0.6) is 11.5 Å². The van der Waals surface area contributed by atoms with E-state index >= 15 is 0 Å². The molecule has 0 unspecified atom stereocenters. The third kappa shape index (κ3) is 4.92. The number of rotatable bonds is 7. The van der Waals surface area contributed by atoms with Crippen molar-refractivity contribution >= 4 is 28.4 Å². The Bertz CT molecular complexity index is 1760. The summed E-state index contributed by atoms with van der Waals surface area (Å²) in [6.07, 6.45) is 8.00. The van der Waals surface area contributed by atoms with Crippen LogP contribution in [0, 0.1) is 0 Å². The highest BCUT2D eigenvalue weighted by molar-refractivity contribution is 7.98. The maximum Gasteiger partial charge on any atom is 0.257 e. The predicted molar refractivity (Wildman–Crippen MR) is 166 cm³/mol. The average Bonchev–Trinajstić information content (AvgIpc) is 3.75. The number of benzene rings is 3. The van der Waals surface area contributed by atoms with Crippen LogP contribution in [-0.2, 0) is 13.1 Å². The molecule has 4 heterocycles. The van der Waals surface area contributed by atoms with Crippen molar-refractivity contribution in [3.63, 3.8) is 0 Å². The number of piperazine rings is 1. The molecule has 1 fully saturated rings. The summed E-state index contributed by atoms with van der Waals surface area (Å²) >= 11 is 1.63. The number of thioether (sulfide) groups is 1. The van der Waals surface area contributed by atoms with Crippen molar-refractivity contribution in [2.24, 2.45) is 0 Å². The fourth-order valence-electron chi connectivity index (χ4n) is 5.95. The molecule has 2 aliphatic heterocycles. The molecule has 3 aromatic carbocycles. The molecule has 0 aliphatic carbocycles. The molecule has 7 rings (SSSR count). The second-order valence-corrected chi connectivity index (χ2v) is 11.7. The first-order valence-electron chi connectivity index (χ1n) is 14.2. The van der Waals surface area contributed by atoms with Crippen molar-refractivity contribution in [2.75, 3.05) is 46.3 Å². The molecule has 42 heavy (non-hydrogen) atoms. The van der Waals surface area contributed by atoms with E-state index in [-0.39, 0.29) is 12.7 Å². The smallest absolute Gasteiger partial charge is 0.257 e. The molecule has 0 atom stereocenters. The fraction of sp³-hybridized carbons (Fsp3) is 0.273. The zero-order valence-electron chi connectivity index (χ0n) is 23.8. The lowest BCUT2D eigenvalue weighted by atomic mass is 9.97. The van der Waals surface area contributed by atoms with E-state index in [1.54, 1.807) is 11.8 Å². The first kappa shape index (κ1) is 26.7. The van der Waals surface area contributed by atoms with Crippen molar-refractivity contribution in [1.29, 1.82) is 0 Å². The normalized spacial score (nSPS) is 15.0. The number of likely N-dealkylation sites (N-methyl/N-ethyl adjacent to an activating group) is 1. The molecule has 0 saturated carbocycles. The highest BCUT2D eigenvalue weighted by Crippen LogP contribution is 2.38. The number of imidazole rings is 1. The van der Waals surface area contributed by atoms with Gasteiger partial charge in [-0.25, -0.2) is 4.98 Å². The number of fused-ring (bicyclic) bond motifs is 2. The summed E-state index contributed by atoms with van der Waals surface area (Å²) in [6, 6.07) is 20.8. The van der Waals surface area contributed by atoms with E-state index in [1.165, 1.54) is 0 Å². The van der Waals surface area contributed by atoms with Gasteiger partial charge in [0, 0.05) is 50.7 Å². The van der Waals surface area contributed by atoms with Crippen LogP contribution < -0.4 is 9.47 Å². The Kier molecular flexibility index (Phi) is 7.13. The summed E-state index contributed by atoms with van der Waals surface area (Å²) < 4.78 is 15.4. The van der Waals surface area contributed by atoms with Gasteiger partial charge >= 0.3 is 0 Å². The minimum atomic E-state index is 0.100. The Balaban J connectivity index is 1.29. The van der Waals surface area contributed by atoms with E-state index in [4.69, 9.17) is 9.47 Å². The summed E-state index contributed by atoms with van der Waals surface area (Å²) in [6.45, 7) is 4.72. The largest absolute Gasteiger partial charge is 0.454 e. The molecule has 1 saturated heterocycles. The van der Waals surface area contributed by atoms with Gasteiger partial charge in [-0.2, -0.15) is 0 Å². The summed E-state index contributed by atoms with van der Waals surface area (Å²) in [5.74, 6) is 1.65. The maximum atomic E-state index is 14.3. The Morgan fingerprint density at radius 3 is 2.57 bits per heavy atom. The monoisotopic (exact) mass is 579 g/mol. The Morgan fingerprint density at radius 1 is 0.905 bits per heavy atom. The lowest BCUT2D eigenvalue weighted by Gasteiger charge is -2.32. The number of aromatic nitrogens is 3. The number of hydrogen-bond acceptors (Lipinski definition) is 6. The van der Waals surface area contributed by atoms with Crippen molar-refractivity contribution in [2.45, 2.75) is 18.1 Å². The average molecular weight is 580 g/mol. The minimum Gasteiger partial charge on any atom is -0.454 e. The van der Waals surface area contributed by atoms with Crippen LogP contribution >= 0.6 is 11.8 Å². The first-order valence-corrected chi connectivity index (χ1v) is 15.4. The van der Waals surface area contributed by atoms with E-state index < -0.39 is 0 Å². The highest BCUT2D eigenvalue weighted by Gasteiger charge is 2.29. The van der Waals surface area contributed by atoms with Crippen molar-refractivity contribution in [1.82, 2.24) is 23.9 Å². The van der Waals surface area contributed by atoms with Gasteiger partial charge in [-0.3, -0.25) is 4.79 Å². The van der Waals surface area contributed by atoms with Gasteiger partial charge in [0.1, 0.15) is 0 Å².